The highest BCUT2D eigenvalue weighted by molar-refractivity contribution is 9.10. The summed E-state index contributed by atoms with van der Waals surface area (Å²) >= 11 is 9.80. The van der Waals surface area contributed by atoms with Gasteiger partial charge in [-0.2, -0.15) is 0 Å². The maximum Gasteiger partial charge on any atom is 0.252 e. The van der Waals surface area contributed by atoms with Crippen molar-refractivity contribution >= 4 is 56.0 Å². The molecule has 0 spiro atoms. The van der Waals surface area contributed by atoms with E-state index in [-0.39, 0.29) is 18.4 Å². The third kappa shape index (κ3) is 4.18. The monoisotopic (exact) mass is 448 g/mol. The predicted octanol–water partition coefficient (Wildman–Crippen LogP) is 2.07. The van der Waals surface area contributed by atoms with Gasteiger partial charge in [0.25, 0.3) is 5.91 Å². The van der Waals surface area contributed by atoms with E-state index in [9.17, 15) is 9.59 Å². The number of halogens is 1. The molecule has 2 rings (SSSR count). The Morgan fingerprint density at radius 1 is 1.32 bits per heavy atom. The van der Waals surface area contributed by atoms with Crippen LogP contribution in [0.1, 0.15) is 10.4 Å². The molecule has 1 aliphatic rings. The molecule has 7 nitrogen and oxygen atoms in total. The first kappa shape index (κ1) is 19.8. The fraction of sp³-hybridized carbons (Fsp3) is 0.400. The second-order valence-corrected chi connectivity index (χ2v) is 7.26. The lowest BCUT2D eigenvalue weighted by Crippen LogP contribution is -2.37. The van der Waals surface area contributed by atoms with Crippen LogP contribution in [0, 0.1) is 0 Å². The van der Waals surface area contributed by atoms with Crippen LogP contribution in [0.3, 0.4) is 0 Å². The number of carbonyl (C=O) groups is 2. The molecule has 1 N–H and O–H groups in total. The lowest BCUT2D eigenvalue weighted by atomic mass is 10.1. The van der Waals surface area contributed by atoms with Gasteiger partial charge >= 0.3 is 0 Å². The molecule has 1 aromatic rings. The minimum absolute atomic E-state index is 0.0433. The SMILES string of the molecule is COc1cc(C(=O)NCCN2C(=O)CSC2=S)c(Br)c(OC)c1OC. The lowest BCUT2D eigenvalue weighted by molar-refractivity contribution is -0.123. The number of hydrogen-bond donors (Lipinski definition) is 1. The van der Waals surface area contributed by atoms with Crippen molar-refractivity contribution in [3.63, 3.8) is 0 Å². The number of amides is 2. The average molecular weight is 449 g/mol. The van der Waals surface area contributed by atoms with E-state index < -0.39 is 0 Å². The number of methoxy groups -OCH3 is 3. The number of carbonyl (C=O) groups excluding carboxylic acids is 2. The second-order valence-electron chi connectivity index (χ2n) is 4.86. The third-order valence-corrected chi connectivity index (χ3v) is 5.70. The first-order valence-electron chi connectivity index (χ1n) is 7.18. The highest BCUT2D eigenvalue weighted by atomic mass is 79.9. The molecule has 1 aromatic carbocycles. The number of hydrogen-bond acceptors (Lipinski definition) is 7. The highest BCUT2D eigenvalue weighted by Gasteiger charge is 2.27. The number of thioether (sulfide) groups is 1. The molecule has 1 aliphatic heterocycles. The smallest absolute Gasteiger partial charge is 0.252 e. The van der Waals surface area contributed by atoms with Crippen LogP contribution in [0.15, 0.2) is 10.5 Å². The molecule has 0 saturated carbocycles. The Hall–Kier alpha value is -1.52. The van der Waals surface area contributed by atoms with E-state index in [0.29, 0.717) is 43.9 Å². The van der Waals surface area contributed by atoms with Crippen molar-refractivity contribution in [2.75, 3.05) is 40.2 Å². The van der Waals surface area contributed by atoms with Crippen LogP contribution >= 0.6 is 39.9 Å². The first-order valence-corrected chi connectivity index (χ1v) is 9.37. The Labute approximate surface area is 163 Å². The predicted molar refractivity (Wildman–Crippen MR) is 103 cm³/mol. The quantitative estimate of drug-likeness (QED) is 0.639. The minimum Gasteiger partial charge on any atom is -0.493 e. The molecule has 2 amide bonds. The number of thiocarbonyl (C=S) groups is 1. The fourth-order valence-corrected chi connectivity index (χ4v) is 4.02. The van der Waals surface area contributed by atoms with Crippen LogP contribution in [0.25, 0.3) is 0 Å². The molecule has 0 atom stereocenters. The van der Waals surface area contributed by atoms with Gasteiger partial charge in [-0.05, 0) is 22.0 Å². The van der Waals surface area contributed by atoms with Crippen LogP contribution in [-0.2, 0) is 4.79 Å². The summed E-state index contributed by atoms with van der Waals surface area (Å²) in [6.07, 6.45) is 0. The maximum absolute atomic E-state index is 12.5. The summed E-state index contributed by atoms with van der Waals surface area (Å²) in [7, 11) is 4.44. The van der Waals surface area contributed by atoms with Crippen LogP contribution in [0.2, 0.25) is 0 Å². The third-order valence-electron chi connectivity index (χ3n) is 3.48. The molecule has 0 aromatic heterocycles. The zero-order valence-electron chi connectivity index (χ0n) is 13.9. The zero-order valence-corrected chi connectivity index (χ0v) is 17.1. The second kappa shape index (κ2) is 8.72. The van der Waals surface area contributed by atoms with Crippen molar-refractivity contribution in [3.05, 3.63) is 16.1 Å². The first-order chi connectivity index (χ1) is 11.9. The average Bonchev–Trinajstić information content (AvgIpc) is 2.92. The van der Waals surface area contributed by atoms with Crippen LogP contribution in [-0.4, -0.2) is 61.2 Å². The van der Waals surface area contributed by atoms with Gasteiger partial charge in [-0.1, -0.05) is 24.0 Å². The topological polar surface area (TPSA) is 77.1 Å². The molecule has 1 heterocycles. The van der Waals surface area contributed by atoms with E-state index in [1.54, 1.807) is 6.07 Å². The maximum atomic E-state index is 12.5. The number of ether oxygens (including phenoxy) is 3. The largest absolute Gasteiger partial charge is 0.493 e. The van der Waals surface area contributed by atoms with Gasteiger partial charge in [0.15, 0.2) is 11.5 Å². The fourth-order valence-electron chi connectivity index (χ4n) is 2.26. The summed E-state index contributed by atoms with van der Waals surface area (Å²) in [6, 6.07) is 1.56. The summed E-state index contributed by atoms with van der Waals surface area (Å²) in [5.41, 5.74) is 0.333. The summed E-state index contributed by atoms with van der Waals surface area (Å²) in [5, 5.41) is 2.76. The molecule has 1 fully saturated rings. The van der Waals surface area contributed by atoms with Gasteiger partial charge in [0.2, 0.25) is 11.7 Å². The van der Waals surface area contributed by atoms with Gasteiger partial charge in [0.05, 0.1) is 37.1 Å². The van der Waals surface area contributed by atoms with Gasteiger partial charge in [-0.15, -0.1) is 0 Å². The van der Waals surface area contributed by atoms with E-state index in [2.05, 4.69) is 21.2 Å². The molecule has 0 bridgehead atoms. The van der Waals surface area contributed by atoms with Gasteiger partial charge < -0.3 is 19.5 Å². The van der Waals surface area contributed by atoms with Crippen molar-refractivity contribution in [2.45, 2.75) is 0 Å². The number of nitrogens with zero attached hydrogens (tertiary/aromatic N) is 1. The van der Waals surface area contributed by atoms with E-state index in [4.69, 9.17) is 26.4 Å². The van der Waals surface area contributed by atoms with E-state index in [1.165, 1.54) is 38.0 Å². The summed E-state index contributed by atoms with van der Waals surface area (Å²) in [5.74, 6) is 1.10. The molecule has 25 heavy (non-hydrogen) atoms. The van der Waals surface area contributed by atoms with E-state index >= 15 is 0 Å². The van der Waals surface area contributed by atoms with Gasteiger partial charge in [0, 0.05) is 13.1 Å². The molecular weight excluding hydrogens is 432 g/mol. The molecule has 136 valence electrons. The minimum atomic E-state index is -0.337. The Bertz CT molecular complexity index is 698. The molecular formula is C15H17BrN2O5S2. The number of rotatable bonds is 7. The van der Waals surface area contributed by atoms with Crippen molar-refractivity contribution < 1.29 is 23.8 Å². The summed E-state index contributed by atoms with van der Waals surface area (Å²) in [6.45, 7) is 0.604. The summed E-state index contributed by atoms with van der Waals surface area (Å²) < 4.78 is 16.8. The Kier molecular flexibility index (Phi) is 6.91. The van der Waals surface area contributed by atoms with Gasteiger partial charge in [-0.3, -0.25) is 14.5 Å². The molecule has 10 heteroatoms. The van der Waals surface area contributed by atoms with Gasteiger partial charge in [-0.25, -0.2) is 0 Å². The highest BCUT2D eigenvalue weighted by Crippen LogP contribution is 2.44. The number of nitrogens with one attached hydrogen (secondary N) is 1. The number of benzene rings is 1. The molecule has 0 aliphatic carbocycles. The van der Waals surface area contributed by atoms with Crippen molar-refractivity contribution in [2.24, 2.45) is 0 Å². The van der Waals surface area contributed by atoms with Crippen molar-refractivity contribution in [1.29, 1.82) is 0 Å². The van der Waals surface area contributed by atoms with Crippen LogP contribution < -0.4 is 19.5 Å². The van der Waals surface area contributed by atoms with E-state index in [1.807, 2.05) is 0 Å². The van der Waals surface area contributed by atoms with E-state index in [0.717, 1.165) is 0 Å². The molecule has 0 radical (unpaired) electrons. The van der Waals surface area contributed by atoms with Gasteiger partial charge in [0.1, 0.15) is 4.32 Å². The Morgan fingerprint density at radius 2 is 2.00 bits per heavy atom. The normalized spacial score (nSPS) is 13.8. The Morgan fingerprint density at radius 3 is 2.52 bits per heavy atom. The lowest BCUT2D eigenvalue weighted by Gasteiger charge is -2.18. The molecule has 1 saturated heterocycles. The molecule has 0 unspecified atom stereocenters. The van der Waals surface area contributed by atoms with Crippen LogP contribution in [0.5, 0.6) is 17.2 Å². The van der Waals surface area contributed by atoms with Crippen molar-refractivity contribution in [3.8, 4) is 17.2 Å². The Balaban J connectivity index is 2.13. The summed E-state index contributed by atoms with van der Waals surface area (Å²) in [4.78, 5) is 25.7. The standard InChI is InChI=1S/C15H17BrN2O5S2/c1-21-9-6-8(11(16)13(23-3)12(9)22-2)14(20)17-4-5-18-10(19)7-25-15(18)24/h6H,4-5,7H2,1-3H3,(H,17,20). The van der Waals surface area contributed by atoms with Crippen molar-refractivity contribution in [1.82, 2.24) is 10.2 Å². The zero-order chi connectivity index (χ0) is 18.6. The van der Waals surface area contributed by atoms with Crippen LogP contribution in [0.4, 0.5) is 0 Å².